The summed E-state index contributed by atoms with van der Waals surface area (Å²) in [5, 5.41) is 0. The van der Waals surface area contributed by atoms with Gasteiger partial charge in [0, 0.05) is 32.7 Å². The Morgan fingerprint density at radius 2 is 1.40 bits per heavy atom. The summed E-state index contributed by atoms with van der Waals surface area (Å²) in [7, 11) is 0.741. The minimum absolute atomic E-state index is 0.180. The van der Waals surface area contributed by atoms with Gasteiger partial charge in [-0.05, 0) is 53.6 Å². The molecule has 1 N–H and O–H groups in total. The maximum Gasteiger partial charge on any atom is 0.257 e. The van der Waals surface area contributed by atoms with Crippen LogP contribution >= 0.6 is 15.4 Å². The van der Waals surface area contributed by atoms with E-state index in [2.05, 4.69) is 40.7 Å². The Hall–Kier alpha value is 0.220. The number of likely N-dealkylation sites (N-methyl/N-ethyl adjacent to an activating group) is 3. The maximum absolute atomic E-state index is 12.5. The fourth-order valence-corrected chi connectivity index (χ4v) is 7.09. The van der Waals surface area contributed by atoms with Gasteiger partial charge in [-0.15, -0.1) is 0 Å². The molecule has 8 nitrogen and oxygen atoms in total. The van der Waals surface area contributed by atoms with Crippen molar-refractivity contribution in [2.75, 3.05) is 79.4 Å². The van der Waals surface area contributed by atoms with Crippen molar-refractivity contribution in [1.29, 1.82) is 0 Å². The highest BCUT2D eigenvalue weighted by Gasteiger charge is 2.56. The van der Waals surface area contributed by atoms with Gasteiger partial charge in [0.1, 0.15) is 5.90 Å². The molecule has 0 amide bonds. The van der Waals surface area contributed by atoms with E-state index in [4.69, 9.17) is 9.42 Å². The smallest absolute Gasteiger partial charge is 0.257 e. The Morgan fingerprint density at radius 3 is 1.92 bits per heavy atom. The molecule has 0 bridgehead atoms. The van der Waals surface area contributed by atoms with E-state index in [0.717, 1.165) is 65.2 Å². The summed E-state index contributed by atoms with van der Waals surface area (Å²) in [6, 6.07) is 0. The van der Waals surface area contributed by atoms with Crippen LogP contribution in [0.4, 0.5) is 0 Å². The fraction of sp³-hybridized carbons (Fsp3) is 1.00. The highest BCUT2D eigenvalue weighted by Crippen LogP contribution is 2.73. The zero-order valence-corrected chi connectivity index (χ0v) is 17.7. The van der Waals surface area contributed by atoms with Crippen LogP contribution in [0, 0.1) is 0 Å². The third kappa shape index (κ3) is 7.39. The molecule has 2 saturated heterocycles. The zero-order chi connectivity index (χ0) is 18.4. The summed E-state index contributed by atoms with van der Waals surface area (Å²) < 4.78 is 29.0. The second kappa shape index (κ2) is 9.95. The van der Waals surface area contributed by atoms with E-state index in [1.54, 1.807) is 0 Å². The van der Waals surface area contributed by atoms with Crippen LogP contribution in [0.15, 0.2) is 0 Å². The lowest BCUT2D eigenvalue weighted by molar-refractivity contribution is 0.143. The molecular weight excluding hydrogens is 362 g/mol. The standard InChI is InChI=1S/C15H34N4O4P2/c1-16-6-4-7-18(3)12-13-19(9-5-8-17(2)11-10-16)15-23-25(15,22)14-24(20)21/h15,24H,4-14H2,1-3H3,(H,20,21). The third-order valence-corrected chi connectivity index (χ3v) is 9.23. The first-order chi connectivity index (χ1) is 11.8. The van der Waals surface area contributed by atoms with E-state index in [1.165, 1.54) is 0 Å². The second-order valence-electron chi connectivity index (χ2n) is 7.36. The number of hydrogen-bond donors (Lipinski definition) is 1. The molecule has 3 unspecified atom stereocenters. The Kier molecular flexibility index (Phi) is 8.57. The number of hydrogen-bond acceptors (Lipinski definition) is 7. The quantitative estimate of drug-likeness (QED) is 0.557. The first-order valence-electron chi connectivity index (χ1n) is 9.09. The molecule has 0 radical (unpaired) electrons. The molecule has 2 heterocycles. The summed E-state index contributed by atoms with van der Waals surface area (Å²) in [5.41, 5.74) is 0. The molecule has 2 rings (SSSR count). The van der Waals surface area contributed by atoms with Crippen molar-refractivity contribution in [3.05, 3.63) is 0 Å². The van der Waals surface area contributed by atoms with Crippen LogP contribution in [-0.4, -0.2) is 110 Å². The van der Waals surface area contributed by atoms with E-state index in [0.29, 0.717) is 0 Å². The zero-order valence-electron chi connectivity index (χ0n) is 15.8. The molecule has 0 aromatic heterocycles. The Morgan fingerprint density at radius 1 is 0.920 bits per heavy atom. The van der Waals surface area contributed by atoms with Gasteiger partial charge in [0.15, 0.2) is 14.0 Å². The van der Waals surface area contributed by atoms with Crippen molar-refractivity contribution in [3.8, 4) is 0 Å². The Labute approximate surface area is 152 Å². The van der Waals surface area contributed by atoms with Crippen LogP contribution in [0.25, 0.3) is 0 Å². The molecule has 0 aliphatic carbocycles. The van der Waals surface area contributed by atoms with E-state index in [1.807, 2.05) is 0 Å². The second-order valence-corrected chi connectivity index (χ2v) is 11.5. The average Bonchev–Trinajstić information content (AvgIpc) is 3.17. The summed E-state index contributed by atoms with van der Waals surface area (Å²) in [4.78, 5) is 18.2. The van der Waals surface area contributed by atoms with Crippen LogP contribution < -0.4 is 0 Å². The average molecular weight is 396 g/mol. The van der Waals surface area contributed by atoms with E-state index >= 15 is 0 Å². The minimum atomic E-state index is -2.92. The van der Waals surface area contributed by atoms with Gasteiger partial charge >= 0.3 is 0 Å². The Balaban J connectivity index is 1.93. The molecule has 2 fully saturated rings. The number of rotatable bonds is 3. The molecule has 3 atom stereocenters. The number of nitrogens with zero attached hydrogens (tertiary/aromatic N) is 4. The van der Waals surface area contributed by atoms with Crippen LogP contribution in [0.1, 0.15) is 12.8 Å². The molecule has 0 aromatic rings. The predicted molar refractivity (Wildman–Crippen MR) is 102 cm³/mol. The predicted octanol–water partition coefficient (Wildman–Crippen LogP) is 0.894. The van der Waals surface area contributed by atoms with Gasteiger partial charge in [0.05, 0.1) is 0 Å². The van der Waals surface area contributed by atoms with Crippen LogP contribution in [0.2, 0.25) is 0 Å². The summed E-state index contributed by atoms with van der Waals surface area (Å²) in [6.45, 7) is 7.66. The first kappa shape index (κ1) is 21.5. The minimum Gasteiger partial charge on any atom is -0.346 e. The van der Waals surface area contributed by atoms with Gasteiger partial charge < -0.3 is 19.6 Å². The lowest BCUT2D eigenvalue weighted by Crippen LogP contribution is -2.39. The van der Waals surface area contributed by atoms with Crippen LogP contribution in [-0.2, 0) is 13.7 Å². The molecule has 10 heteroatoms. The van der Waals surface area contributed by atoms with Gasteiger partial charge in [-0.2, -0.15) is 0 Å². The summed E-state index contributed by atoms with van der Waals surface area (Å²) >= 11 is 0. The molecule has 2 aliphatic heterocycles. The van der Waals surface area contributed by atoms with Crippen LogP contribution in [0.5, 0.6) is 0 Å². The van der Waals surface area contributed by atoms with Crippen molar-refractivity contribution in [3.63, 3.8) is 0 Å². The Bertz CT molecular complexity index is 496. The van der Waals surface area contributed by atoms with Crippen molar-refractivity contribution in [2.45, 2.75) is 18.8 Å². The molecule has 2 aliphatic rings. The van der Waals surface area contributed by atoms with Gasteiger partial charge in [-0.3, -0.25) is 18.6 Å². The normalized spacial score (nSPS) is 34.5. The topological polar surface area (TPSA) is 79.9 Å². The molecule has 148 valence electrons. The highest BCUT2D eigenvalue weighted by molar-refractivity contribution is 7.73. The SMILES string of the molecule is CN1CCCN(C)CCN(C2OP2(=O)C[PH](=O)O)CCCN(C)CC1. The molecular formula is C15H34N4O4P2. The molecule has 0 aromatic carbocycles. The largest absolute Gasteiger partial charge is 0.346 e. The molecule has 25 heavy (non-hydrogen) atoms. The molecule has 0 saturated carbocycles. The van der Waals surface area contributed by atoms with E-state index in [-0.39, 0.29) is 5.90 Å². The van der Waals surface area contributed by atoms with Crippen LogP contribution in [0.3, 0.4) is 0 Å². The molecule has 0 spiro atoms. The van der Waals surface area contributed by atoms with Gasteiger partial charge in [0.2, 0.25) is 0 Å². The monoisotopic (exact) mass is 396 g/mol. The van der Waals surface area contributed by atoms with Crippen molar-refractivity contribution >= 4 is 15.4 Å². The fourth-order valence-electron chi connectivity index (χ4n) is 3.21. The van der Waals surface area contributed by atoms with E-state index in [9.17, 15) is 9.13 Å². The van der Waals surface area contributed by atoms with Crippen molar-refractivity contribution in [1.82, 2.24) is 19.6 Å². The third-order valence-electron chi connectivity index (χ3n) is 4.93. The van der Waals surface area contributed by atoms with E-state index < -0.39 is 21.4 Å². The summed E-state index contributed by atoms with van der Waals surface area (Å²) in [6.07, 6.45) is 2.10. The lowest BCUT2D eigenvalue weighted by atomic mass is 10.3. The highest BCUT2D eigenvalue weighted by atomic mass is 31.2. The van der Waals surface area contributed by atoms with Gasteiger partial charge in [-0.1, -0.05) is 0 Å². The van der Waals surface area contributed by atoms with Crippen molar-refractivity contribution < 1.29 is 18.5 Å². The van der Waals surface area contributed by atoms with Gasteiger partial charge in [0.25, 0.3) is 7.37 Å². The first-order valence-corrected chi connectivity index (χ1v) is 12.5. The lowest BCUT2D eigenvalue weighted by Gasteiger charge is -2.27. The summed E-state index contributed by atoms with van der Waals surface area (Å²) in [5.74, 6) is -0.632. The maximum atomic E-state index is 12.5. The van der Waals surface area contributed by atoms with Crippen molar-refractivity contribution in [2.24, 2.45) is 0 Å². The van der Waals surface area contributed by atoms with Gasteiger partial charge in [-0.25, -0.2) is 0 Å².